The monoisotopic (exact) mass is 230 g/mol. The lowest BCUT2D eigenvalue weighted by molar-refractivity contribution is 0.181. The second-order valence-electron chi connectivity index (χ2n) is 4.58. The van der Waals surface area contributed by atoms with Gasteiger partial charge in [0.25, 0.3) is 0 Å². The van der Waals surface area contributed by atoms with Gasteiger partial charge in [0, 0.05) is 38.4 Å². The molecular weight excluding hydrogens is 212 g/mol. The SMILES string of the molecule is CC(c1cccc2ccnn12)N1CCNCC1. The molecule has 4 nitrogen and oxygen atoms in total. The van der Waals surface area contributed by atoms with E-state index in [-0.39, 0.29) is 0 Å². The maximum atomic E-state index is 4.41. The van der Waals surface area contributed by atoms with Gasteiger partial charge in [0.15, 0.2) is 0 Å². The third kappa shape index (κ3) is 1.94. The van der Waals surface area contributed by atoms with Crippen molar-refractivity contribution < 1.29 is 0 Å². The van der Waals surface area contributed by atoms with Crippen molar-refractivity contribution in [3.8, 4) is 0 Å². The van der Waals surface area contributed by atoms with Gasteiger partial charge in [-0.05, 0) is 25.1 Å². The Kier molecular flexibility index (Phi) is 2.82. The van der Waals surface area contributed by atoms with Crippen molar-refractivity contribution in [2.24, 2.45) is 0 Å². The standard InChI is InChI=1S/C13H18N4/c1-11(16-9-7-14-8-10-16)13-4-2-3-12-5-6-15-17(12)13/h2-6,11,14H,7-10H2,1H3. The zero-order chi connectivity index (χ0) is 11.7. The van der Waals surface area contributed by atoms with Crippen LogP contribution in [0.5, 0.6) is 0 Å². The fraction of sp³-hybridized carbons (Fsp3) is 0.462. The van der Waals surface area contributed by atoms with Crippen LogP contribution in [0.1, 0.15) is 18.7 Å². The van der Waals surface area contributed by atoms with Crippen molar-refractivity contribution in [2.75, 3.05) is 26.2 Å². The van der Waals surface area contributed by atoms with Crippen LogP contribution < -0.4 is 5.32 Å². The van der Waals surface area contributed by atoms with Crippen molar-refractivity contribution in [1.82, 2.24) is 19.8 Å². The zero-order valence-corrected chi connectivity index (χ0v) is 10.1. The number of rotatable bonds is 2. The summed E-state index contributed by atoms with van der Waals surface area (Å²) in [7, 11) is 0. The molecule has 0 bridgehead atoms. The molecule has 0 saturated carbocycles. The Morgan fingerprint density at radius 2 is 2.06 bits per heavy atom. The number of piperazine rings is 1. The van der Waals surface area contributed by atoms with E-state index in [9.17, 15) is 0 Å². The van der Waals surface area contributed by atoms with Gasteiger partial charge in [-0.1, -0.05) is 6.07 Å². The number of hydrogen-bond acceptors (Lipinski definition) is 3. The average molecular weight is 230 g/mol. The van der Waals surface area contributed by atoms with E-state index in [1.807, 2.05) is 16.8 Å². The third-order valence-electron chi connectivity index (χ3n) is 3.58. The number of pyridine rings is 1. The molecule has 90 valence electrons. The first-order valence-corrected chi connectivity index (χ1v) is 6.24. The molecule has 0 amide bonds. The van der Waals surface area contributed by atoms with Gasteiger partial charge in [-0.25, -0.2) is 4.52 Å². The van der Waals surface area contributed by atoms with Gasteiger partial charge >= 0.3 is 0 Å². The summed E-state index contributed by atoms with van der Waals surface area (Å²) >= 11 is 0. The highest BCUT2D eigenvalue weighted by molar-refractivity contribution is 5.46. The summed E-state index contributed by atoms with van der Waals surface area (Å²) in [6, 6.07) is 8.85. The fourth-order valence-electron chi connectivity index (χ4n) is 2.54. The van der Waals surface area contributed by atoms with Crippen molar-refractivity contribution in [2.45, 2.75) is 13.0 Å². The zero-order valence-electron chi connectivity index (χ0n) is 10.1. The summed E-state index contributed by atoms with van der Waals surface area (Å²) < 4.78 is 2.05. The minimum atomic E-state index is 0.417. The summed E-state index contributed by atoms with van der Waals surface area (Å²) in [6.45, 7) is 6.65. The Bertz CT molecular complexity index is 499. The van der Waals surface area contributed by atoms with Gasteiger partial charge in [0.05, 0.1) is 11.2 Å². The molecule has 1 saturated heterocycles. The average Bonchev–Trinajstić information content (AvgIpc) is 2.87. The predicted molar refractivity (Wildman–Crippen MR) is 68.0 cm³/mol. The van der Waals surface area contributed by atoms with Crippen molar-refractivity contribution >= 4 is 5.52 Å². The number of nitrogens with one attached hydrogen (secondary N) is 1. The van der Waals surface area contributed by atoms with Crippen molar-refractivity contribution in [1.29, 1.82) is 0 Å². The molecule has 0 radical (unpaired) electrons. The van der Waals surface area contributed by atoms with Gasteiger partial charge in [0.2, 0.25) is 0 Å². The van der Waals surface area contributed by atoms with Crippen LogP contribution in [-0.4, -0.2) is 40.7 Å². The number of hydrogen-bond donors (Lipinski definition) is 1. The van der Waals surface area contributed by atoms with E-state index in [1.165, 1.54) is 11.2 Å². The minimum absolute atomic E-state index is 0.417. The van der Waals surface area contributed by atoms with Crippen molar-refractivity contribution in [3.63, 3.8) is 0 Å². The lowest BCUT2D eigenvalue weighted by Crippen LogP contribution is -2.44. The lowest BCUT2D eigenvalue weighted by atomic mass is 10.1. The highest BCUT2D eigenvalue weighted by Gasteiger charge is 2.19. The van der Waals surface area contributed by atoms with E-state index in [4.69, 9.17) is 0 Å². The molecule has 2 aromatic heterocycles. The van der Waals surface area contributed by atoms with E-state index in [0.717, 1.165) is 26.2 Å². The first-order valence-electron chi connectivity index (χ1n) is 6.24. The van der Waals surface area contributed by atoms with Crippen LogP contribution in [0, 0.1) is 0 Å². The highest BCUT2D eigenvalue weighted by Crippen LogP contribution is 2.21. The van der Waals surface area contributed by atoms with Crippen LogP contribution in [-0.2, 0) is 0 Å². The normalized spacial score (nSPS) is 19.6. The molecular formula is C13H18N4. The molecule has 4 heteroatoms. The smallest absolute Gasteiger partial charge is 0.0665 e. The first-order chi connectivity index (χ1) is 8.36. The van der Waals surface area contributed by atoms with E-state index in [0.29, 0.717) is 6.04 Å². The molecule has 2 aromatic rings. The van der Waals surface area contributed by atoms with Gasteiger partial charge < -0.3 is 5.32 Å². The predicted octanol–water partition coefficient (Wildman–Crippen LogP) is 1.30. The summed E-state index contributed by atoms with van der Waals surface area (Å²) in [5.41, 5.74) is 2.44. The lowest BCUT2D eigenvalue weighted by Gasteiger charge is -2.33. The molecule has 1 N–H and O–H groups in total. The maximum Gasteiger partial charge on any atom is 0.0665 e. The van der Waals surface area contributed by atoms with E-state index < -0.39 is 0 Å². The Morgan fingerprint density at radius 1 is 1.24 bits per heavy atom. The molecule has 1 aliphatic rings. The molecule has 1 atom stereocenters. The topological polar surface area (TPSA) is 32.6 Å². The molecule has 0 aliphatic carbocycles. The van der Waals surface area contributed by atoms with Crippen LogP contribution in [0.25, 0.3) is 5.52 Å². The van der Waals surface area contributed by atoms with Gasteiger partial charge in [-0.3, -0.25) is 4.90 Å². The van der Waals surface area contributed by atoms with Crippen LogP contribution in [0.15, 0.2) is 30.5 Å². The van der Waals surface area contributed by atoms with Crippen LogP contribution in [0.2, 0.25) is 0 Å². The fourth-order valence-corrected chi connectivity index (χ4v) is 2.54. The van der Waals surface area contributed by atoms with Gasteiger partial charge in [-0.15, -0.1) is 0 Å². The number of fused-ring (bicyclic) bond motifs is 1. The quantitative estimate of drug-likeness (QED) is 0.844. The molecule has 0 spiro atoms. The van der Waals surface area contributed by atoms with Crippen LogP contribution in [0.3, 0.4) is 0 Å². The largest absolute Gasteiger partial charge is 0.314 e. The molecule has 1 fully saturated rings. The summed E-state index contributed by atoms with van der Waals surface area (Å²) in [5, 5.41) is 7.80. The molecule has 0 aromatic carbocycles. The second kappa shape index (κ2) is 4.47. The Morgan fingerprint density at radius 3 is 2.88 bits per heavy atom. The summed E-state index contributed by atoms with van der Waals surface area (Å²) in [6.07, 6.45) is 1.86. The summed E-state index contributed by atoms with van der Waals surface area (Å²) in [5.74, 6) is 0. The number of aromatic nitrogens is 2. The summed E-state index contributed by atoms with van der Waals surface area (Å²) in [4.78, 5) is 2.51. The molecule has 17 heavy (non-hydrogen) atoms. The highest BCUT2D eigenvalue weighted by atomic mass is 15.3. The Hall–Kier alpha value is -1.39. The van der Waals surface area contributed by atoms with Crippen molar-refractivity contribution in [3.05, 3.63) is 36.2 Å². The molecule has 3 rings (SSSR count). The maximum absolute atomic E-state index is 4.41. The first kappa shape index (κ1) is 10.7. The second-order valence-corrected chi connectivity index (χ2v) is 4.58. The van der Waals surface area contributed by atoms with Gasteiger partial charge in [-0.2, -0.15) is 5.10 Å². The van der Waals surface area contributed by atoms with E-state index >= 15 is 0 Å². The molecule has 3 heterocycles. The Labute approximate surface area is 101 Å². The number of nitrogens with zero attached hydrogens (tertiary/aromatic N) is 3. The molecule has 1 aliphatic heterocycles. The minimum Gasteiger partial charge on any atom is -0.314 e. The third-order valence-corrected chi connectivity index (χ3v) is 3.58. The van der Waals surface area contributed by atoms with Crippen LogP contribution >= 0.6 is 0 Å². The van der Waals surface area contributed by atoms with Crippen LogP contribution in [0.4, 0.5) is 0 Å². The molecule has 1 unspecified atom stereocenters. The van der Waals surface area contributed by atoms with E-state index in [1.54, 1.807) is 0 Å². The van der Waals surface area contributed by atoms with Gasteiger partial charge in [0.1, 0.15) is 0 Å². The Balaban J connectivity index is 1.94. The van der Waals surface area contributed by atoms with E-state index in [2.05, 4.69) is 40.4 Å².